The first kappa shape index (κ1) is 14.3. The van der Waals surface area contributed by atoms with Crippen LogP contribution in [0.5, 0.6) is 0 Å². The highest BCUT2D eigenvalue weighted by molar-refractivity contribution is 5.36. The van der Waals surface area contributed by atoms with Gasteiger partial charge in [-0.25, -0.2) is 8.78 Å². The fourth-order valence-corrected chi connectivity index (χ4v) is 2.35. The standard InChI is InChI=1S/C14H17F4N/c1-9(19-8-14(17,18)13(15)16)11-6-5-10-3-2-4-12(10)7-11/h5-7,9,13,19H,2-4,8H2,1H3. The molecule has 0 heterocycles. The second-order valence-corrected chi connectivity index (χ2v) is 5.05. The Hall–Kier alpha value is -1.10. The molecule has 0 aliphatic heterocycles. The van der Waals surface area contributed by atoms with E-state index >= 15 is 0 Å². The molecule has 1 N–H and O–H groups in total. The molecular weight excluding hydrogens is 258 g/mol. The molecule has 1 atom stereocenters. The zero-order valence-electron chi connectivity index (χ0n) is 10.7. The first-order valence-electron chi connectivity index (χ1n) is 6.41. The highest BCUT2D eigenvalue weighted by atomic mass is 19.3. The van der Waals surface area contributed by atoms with Crippen LogP contribution >= 0.6 is 0 Å². The molecule has 1 aliphatic carbocycles. The molecule has 0 saturated heterocycles. The van der Waals surface area contributed by atoms with Crippen molar-refractivity contribution in [1.29, 1.82) is 0 Å². The molecule has 0 fully saturated rings. The summed E-state index contributed by atoms with van der Waals surface area (Å²) >= 11 is 0. The first-order valence-corrected chi connectivity index (χ1v) is 6.41. The third kappa shape index (κ3) is 3.26. The first-order chi connectivity index (χ1) is 8.90. The van der Waals surface area contributed by atoms with Gasteiger partial charge < -0.3 is 5.32 Å². The minimum atomic E-state index is -3.98. The third-order valence-corrected chi connectivity index (χ3v) is 3.59. The van der Waals surface area contributed by atoms with Crippen molar-refractivity contribution in [1.82, 2.24) is 5.32 Å². The Morgan fingerprint density at radius 2 is 1.89 bits per heavy atom. The minimum Gasteiger partial charge on any atom is -0.304 e. The van der Waals surface area contributed by atoms with E-state index in [2.05, 4.69) is 5.32 Å². The Morgan fingerprint density at radius 1 is 1.21 bits per heavy atom. The monoisotopic (exact) mass is 275 g/mol. The summed E-state index contributed by atoms with van der Waals surface area (Å²) < 4.78 is 49.8. The normalized spacial score (nSPS) is 16.7. The molecule has 1 nitrogen and oxygen atoms in total. The molecule has 2 rings (SSSR count). The van der Waals surface area contributed by atoms with Crippen molar-refractivity contribution in [3.63, 3.8) is 0 Å². The van der Waals surface area contributed by atoms with Crippen molar-refractivity contribution in [3.8, 4) is 0 Å². The number of rotatable bonds is 5. The number of hydrogen-bond acceptors (Lipinski definition) is 1. The van der Waals surface area contributed by atoms with Gasteiger partial charge in [-0.15, -0.1) is 0 Å². The van der Waals surface area contributed by atoms with Gasteiger partial charge in [0.25, 0.3) is 0 Å². The van der Waals surface area contributed by atoms with E-state index in [0.717, 1.165) is 24.8 Å². The van der Waals surface area contributed by atoms with Crippen molar-refractivity contribution < 1.29 is 17.6 Å². The number of halogens is 4. The summed E-state index contributed by atoms with van der Waals surface area (Å²) in [6.45, 7) is 0.696. The van der Waals surface area contributed by atoms with Gasteiger partial charge in [-0.3, -0.25) is 0 Å². The Bertz CT molecular complexity index is 445. The molecule has 1 unspecified atom stereocenters. The molecule has 0 aromatic heterocycles. The highest BCUT2D eigenvalue weighted by Crippen LogP contribution is 2.26. The maximum absolute atomic E-state index is 12.8. The van der Waals surface area contributed by atoms with Crippen LogP contribution in [0, 0.1) is 0 Å². The van der Waals surface area contributed by atoms with Crippen molar-refractivity contribution in [2.24, 2.45) is 0 Å². The Kier molecular flexibility index (Phi) is 4.13. The van der Waals surface area contributed by atoms with Crippen LogP contribution in [0.4, 0.5) is 17.6 Å². The van der Waals surface area contributed by atoms with Gasteiger partial charge in [0.15, 0.2) is 0 Å². The number of nitrogens with one attached hydrogen (secondary N) is 1. The predicted octanol–water partition coefficient (Wildman–Crippen LogP) is 3.73. The van der Waals surface area contributed by atoms with E-state index < -0.39 is 18.9 Å². The van der Waals surface area contributed by atoms with E-state index in [1.807, 2.05) is 18.2 Å². The smallest absolute Gasteiger partial charge is 0.304 e. The van der Waals surface area contributed by atoms with Gasteiger partial charge in [0.2, 0.25) is 0 Å². The number of benzene rings is 1. The highest BCUT2D eigenvalue weighted by Gasteiger charge is 2.40. The maximum atomic E-state index is 12.8. The van der Waals surface area contributed by atoms with Crippen LogP contribution in [0.15, 0.2) is 18.2 Å². The average Bonchev–Trinajstić information content (AvgIpc) is 2.82. The SMILES string of the molecule is CC(NCC(F)(F)C(F)F)c1ccc2c(c1)CCC2. The second kappa shape index (κ2) is 5.49. The lowest BCUT2D eigenvalue weighted by molar-refractivity contribution is -0.126. The quantitative estimate of drug-likeness (QED) is 0.807. The third-order valence-electron chi connectivity index (χ3n) is 3.59. The molecule has 1 aliphatic rings. The second-order valence-electron chi connectivity index (χ2n) is 5.05. The van der Waals surface area contributed by atoms with Crippen molar-refractivity contribution >= 4 is 0 Å². The number of fused-ring (bicyclic) bond motifs is 1. The summed E-state index contributed by atoms with van der Waals surface area (Å²) in [5.74, 6) is -3.98. The van der Waals surface area contributed by atoms with E-state index in [0.29, 0.717) is 0 Å². The summed E-state index contributed by atoms with van der Waals surface area (Å²) in [5, 5.41) is 2.48. The fourth-order valence-electron chi connectivity index (χ4n) is 2.35. The average molecular weight is 275 g/mol. The zero-order chi connectivity index (χ0) is 14.0. The fraction of sp³-hybridized carbons (Fsp3) is 0.571. The molecule has 0 saturated carbocycles. The van der Waals surface area contributed by atoms with Crippen LogP contribution in [0.3, 0.4) is 0 Å². The number of alkyl halides is 4. The van der Waals surface area contributed by atoms with Gasteiger partial charge in [-0.05, 0) is 42.9 Å². The summed E-state index contributed by atoms with van der Waals surface area (Å²) in [7, 11) is 0. The van der Waals surface area contributed by atoms with E-state index in [9.17, 15) is 17.6 Å². The largest absolute Gasteiger partial charge is 0.319 e. The summed E-state index contributed by atoms with van der Waals surface area (Å²) in [6, 6.07) is 5.50. The lowest BCUT2D eigenvalue weighted by Crippen LogP contribution is -2.39. The van der Waals surface area contributed by atoms with Gasteiger partial charge in [-0.2, -0.15) is 8.78 Å². The van der Waals surface area contributed by atoms with Gasteiger partial charge in [0, 0.05) is 6.04 Å². The molecule has 1 aromatic rings. The molecule has 0 bridgehead atoms. The summed E-state index contributed by atoms with van der Waals surface area (Å²) in [6.07, 6.45) is -0.458. The van der Waals surface area contributed by atoms with Crippen molar-refractivity contribution in [2.45, 2.75) is 44.6 Å². The van der Waals surface area contributed by atoms with Crippen LogP contribution in [-0.4, -0.2) is 18.9 Å². The Labute approximate surface area is 110 Å². The van der Waals surface area contributed by atoms with Gasteiger partial charge in [0.05, 0.1) is 6.54 Å². The number of hydrogen-bond donors (Lipinski definition) is 1. The van der Waals surface area contributed by atoms with Crippen LogP contribution in [-0.2, 0) is 12.8 Å². The Morgan fingerprint density at radius 3 is 2.58 bits per heavy atom. The molecular formula is C14H17F4N. The van der Waals surface area contributed by atoms with E-state index in [1.165, 1.54) is 11.1 Å². The van der Waals surface area contributed by atoms with Crippen LogP contribution < -0.4 is 5.32 Å². The van der Waals surface area contributed by atoms with E-state index in [4.69, 9.17) is 0 Å². The maximum Gasteiger partial charge on any atom is 0.319 e. The molecule has 1 aromatic carbocycles. The van der Waals surface area contributed by atoms with E-state index in [1.54, 1.807) is 6.92 Å². The Balaban J connectivity index is 1.99. The lowest BCUT2D eigenvalue weighted by Gasteiger charge is -2.20. The van der Waals surface area contributed by atoms with Gasteiger partial charge in [-0.1, -0.05) is 18.2 Å². The van der Waals surface area contributed by atoms with Crippen LogP contribution in [0.2, 0.25) is 0 Å². The molecule has 0 spiro atoms. The van der Waals surface area contributed by atoms with E-state index in [-0.39, 0.29) is 6.04 Å². The molecule has 5 heteroatoms. The predicted molar refractivity (Wildman–Crippen MR) is 65.8 cm³/mol. The summed E-state index contributed by atoms with van der Waals surface area (Å²) in [5.41, 5.74) is 3.41. The van der Waals surface area contributed by atoms with Crippen LogP contribution in [0.1, 0.15) is 36.1 Å². The van der Waals surface area contributed by atoms with Gasteiger partial charge >= 0.3 is 12.3 Å². The van der Waals surface area contributed by atoms with Crippen LogP contribution in [0.25, 0.3) is 0 Å². The number of aryl methyl sites for hydroxylation is 2. The topological polar surface area (TPSA) is 12.0 Å². The minimum absolute atomic E-state index is 0.365. The summed E-state index contributed by atoms with van der Waals surface area (Å²) in [4.78, 5) is 0. The molecule has 19 heavy (non-hydrogen) atoms. The van der Waals surface area contributed by atoms with Crippen molar-refractivity contribution in [2.75, 3.05) is 6.54 Å². The molecule has 0 amide bonds. The molecule has 106 valence electrons. The molecule has 0 radical (unpaired) electrons. The lowest BCUT2D eigenvalue weighted by atomic mass is 10.0. The zero-order valence-corrected chi connectivity index (χ0v) is 10.7. The van der Waals surface area contributed by atoms with Gasteiger partial charge in [0.1, 0.15) is 0 Å². The van der Waals surface area contributed by atoms with Crippen molar-refractivity contribution in [3.05, 3.63) is 34.9 Å².